The number of benzene rings is 1. The molecule has 2 rings (SSSR count). The zero-order chi connectivity index (χ0) is 16.5. The Morgan fingerprint density at radius 2 is 1.77 bits per heavy atom. The van der Waals surface area contributed by atoms with Gasteiger partial charge in [-0.05, 0) is 29.5 Å². The third-order valence-electron chi connectivity index (χ3n) is 4.12. The number of aliphatic carboxylic acids is 1. The Hall–Kier alpha value is -1.88. The lowest BCUT2D eigenvalue weighted by Gasteiger charge is -2.35. The highest BCUT2D eigenvalue weighted by Gasteiger charge is 2.36. The van der Waals surface area contributed by atoms with Crippen molar-refractivity contribution in [2.75, 3.05) is 6.54 Å². The zero-order valence-electron chi connectivity index (χ0n) is 13.2. The van der Waals surface area contributed by atoms with E-state index in [0.29, 0.717) is 12.0 Å². The van der Waals surface area contributed by atoms with Crippen LogP contribution in [0, 0.1) is 0 Å². The van der Waals surface area contributed by atoms with Crippen LogP contribution < -0.4 is 0 Å². The van der Waals surface area contributed by atoms with E-state index in [1.165, 1.54) is 4.90 Å². The van der Waals surface area contributed by atoms with E-state index >= 15 is 0 Å². The van der Waals surface area contributed by atoms with Crippen molar-refractivity contribution in [1.29, 1.82) is 0 Å². The predicted octanol–water partition coefficient (Wildman–Crippen LogP) is 2.03. The molecule has 0 aromatic heterocycles. The van der Waals surface area contributed by atoms with E-state index in [1.54, 1.807) is 12.1 Å². The first-order chi connectivity index (χ1) is 10.2. The molecule has 1 amide bonds. The van der Waals surface area contributed by atoms with Crippen LogP contribution in [0.4, 0.5) is 0 Å². The maximum atomic E-state index is 12.6. The number of nitrogens with zero attached hydrogens (tertiary/aromatic N) is 1. The monoisotopic (exact) mass is 305 g/mol. The van der Waals surface area contributed by atoms with E-state index in [9.17, 15) is 19.8 Å². The van der Waals surface area contributed by atoms with Gasteiger partial charge in [0.1, 0.15) is 6.04 Å². The summed E-state index contributed by atoms with van der Waals surface area (Å²) in [5.74, 6) is -1.36. The predicted molar refractivity (Wildman–Crippen MR) is 82.8 cm³/mol. The van der Waals surface area contributed by atoms with Gasteiger partial charge in [0, 0.05) is 18.5 Å². The Balaban J connectivity index is 2.21. The molecule has 0 saturated carbocycles. The van der Waals surface area contributed by atoms with E-state index in [0.717, 1.165) is 5.56 Å². The summed E-state index contributed by atoms with van der Waals surface area (Å²) < 4.78 is 0. The third-order valence-corrected chi connectivity index (χ3v) is 4.12. The van der Waals surface area contributed by atoms with Gasteiger partial charge < -0.3 is 15.1 Å². The van der Waals surface area contributed by atoms with Crippen LogP contribution in [0.1, 0.15) is 49.5 Å². The molecule has 1 aliphatic heterocycles. The second kappa shape index (κ2) is 6.08. The van der Waals surface area contributed by atoms with Crippen molar-refractivity contribution in [3.8, 4) is 0 Å². The number of hydrogen-bond donors (Lipinski definition) is 2. The molecule has 0 aliphatic carbocycles. The Morgan fingerprint density at radius 3 is 2.27 bits per heavy atom. The van der Waals surface area contributed by atoms with Gasteiger partial charge in [0.05, 0.1) is 6.10 Å². The number of likely N-dealkylation sites (tertiary alicyclic amines) is 1. The molecular weight excluding hydrogens is 282 g/mol. The number of carbonyl (C=O) groups is 2. The van der Waals surface area contributed by atoms with Crippen molar-refractivity contribution in [2.24, 2.45) is 0 Å². The van der Waals surface area contributed by atoms with E-state index in [2.05, 4.69) is 20.8 Å². The lowest BCUT2D eigenvalue weighted by atomic mass is 9.86. The highest BCUT2D eigenvalue weighted by atomic mass is 16.4. The van der Waals surface area contributed by atoms with Crippen molar-refractivity contribution < 1.29 is 19.8 Å². The lowest BCUT2D eigenvalue weighted by molar-refractivity contribution is -0.145. The Kier molecular flexibility index (Phi) is 4.56. The molecule has 5 heteroatoms. The van der Waals surface area contributed by atoms with E-state index in [-0.39, 0.29) is 24.3 Å². The molecule has 22 heavy (non-hydrogen) atoms. The van der Waals surface area contributed by atoms with Crippen LogP contribution in [0.15, 0.2) is 24.3 Å². The first-order valence-electron chi connectivity index (χ1n) is 7.52. The number of aliphatic hydroxyl groups is 1. The van der Waals surface area contributed by atoms with Gasteiger partial charge in [0.25, 0.3) is 5.91 Å². The van der Waals surface area contributed by atoms with Crippen LogP contribution in [0.3, 0.4) is 0 Å². The molecule has 1 aromatic rings. The average Bonchev–Trinajstić information content (AvgIpc) is 2.45. The van der Waals surface area contributed by atoms with Crippen LogP contribution in [0.2, 0.25) is 0 Å². The SMILES string of the molecule is CC(C)(C)c1ccc(C(=O)N2CC[C@@H](O)C[C@H]2C(=O)O)cc1. The highest BCUT2D eigenvalue weighted by molar-refractivity contribution is 5.96. The van der Waals surface area contributed by atoms with Crippen molar-refractivity contribution in [3.63, 3.8) is 0 Å². The summed E-state index contributed by atoms with van der Waals surface area (Å²) in [6, 6.07) is 6.34. The fourth-order valence-corrected chi connectivity index (χ4v) is 2.70. The normalized spacial score (nSPS) is 22.5. The second-order valence-electron chi connectivity index (χ2n) is 6.86. The molecule has 1 saturated heterocycles. The number of rotatable bonds is 2. The summed E-state index contributed by atoms with van der Waals surface area (Å²) in [4.78, 5) is 25.2. The quantitative estimate of drug-likeness (QED) is 0.876. The number of piperidine rings is 1. The number of amides is 1. The lowest BCUT2D eigenvalue weighted by Crippen LogP contribution is -2.51. The van der Waals surface area contributed by atoms with Crippen LogP contribution >= 0.6 is 0 Å². The Morgan fingerprint density at radius 1 is 1.18 bits per heavy atom. The molecule has 0 spiro atoms. The fraction of sp³-hybridized carbons (Fsp3) is 0.529. The van der Waals surface area contributed by atoms with Crippen molar-refractivity contribution in [2.45, 2.75) is 51.2 Å². The average molecular weight is 305 g/mol. The molecule has 1 aromatic carbocycles. The van der Waals surface area contributed by atoms with Gasteiger partial charge in [-0.1, -0.05) is 32.9 Å². The van der Waals surface area contributed by atoms with Crippen LogP contribution in [0.5, 0.6) is 0 Å². The first-order valence-corrected chi connectivity index (χ1v) is 7.52. The smallest absolute Gasteiger partial charge is 0.326 e. The number of hydrogen-bond acceptors (Lipinski definition) is 3. The molecule has 0 bridgehead atoms. The molecule has 1 fully saturated rings. The summed E-state index contributed by atoms with van der Waals surface area (Å²) in [7, 11) is 0. The first kappa shape index (κ1) is 16.5. The Labute approximate surface area is 130 Å². The van der Waals surface area contributed by atoms with Gasteiger partial charge in [-0.3, -0.25) is 4.79 Å². The topological polar surface area (TPSA) is 77.8 Å². The van der Waals surface area contributed by atoms with Gasteiger partial charge in [-0.15, -0.1) is 0 Å². The summed E-state index contributed by atoms with van der Waals surface area (Å²) in [5.41, 5.74) is 1.60. The van der Waals surface area contributed by atoms with Crippen LogP contribution in [-0.2, 0) is 10.2 Å². The third kappa shape index (κ3) is 3.47. The maximum Gasteiger partial charge on any atom is 0.326 e. The van der Waals surface area contributed by atoms with E-state index < -0.39 is 18.1 Å². The molecule has 1 aliphatic rings. The van der Waals surface area contributed by atoms with Gasteiger partial charge >= 0.3 is 5.97 Å². The van der Waals surface area contributed by atoms with Crippen molar-refractivity contribution in [3.05, 3.63) is 35.4 Å². The van der Waals surface area contributed by atoms with E-state index in [1.807, 2.05) is 12.1 Å². The fourth-order valence-electron chi connectivity index (χ4n) is 2.70. The number of aliphatic hydroxyl groups excluding tert-OH is 1. The van der Waals surface area contributed by atoms with Gasteiger partial charge in [-0.2, -0.15) is 0 Å². The number of carboxylic acids is 1. The largest absolute Gasteiger partial charge is 0.480 e. The number of carboxylic acid groups (broad SMARTS) is 1. The van der Waals surface area contributed by atoms with Crippen molar-refractivity contribution in [1.82, 2.24) is 4.90 Å². The molecule has 5 nitrogen and oxygen atoms in total. The van der Waals surface area contributed by atoms with Gasteiger partial charge in [0.2, 0.25) is 0 Å². The van der Waals surface area contributed by atoms with Gasteiger partial charge in [-0.25, -0.2) is 4.79 Å². The van der Waals surface area contributed by atoms with Gasteiger partial charge in [0.15, 0.2) is 0 Å². The molecular formula is C17H23NO4. The van der Waals surface area contributed by atoms with Crippen molar-refractivity contribution >= 4 is 11.9 Å². The zero-order valence-corrected chi connectivity index (χ0v) is 13.2. The summed E-state index contributed by atoms with van der Waals surface area (Å²) in [6.07, 6.45) is -0.162. The maximum absolute atomic E-state index is 12.6. The molecule has 0 unspecified atom stereocenters. The Bertz CT molecular complexity index is 559. The number of carbonyl (C=O) groups excluding carboxylic acids is 1. The molecule has 2 atom stereocenters. The minimum atomic E-state index is -1.07. The second-order valence-corrected chi connectivity index (χ2v) is 6.86. The molecule has 0 radical (unpaired) electrons. The minimum absolute atomic E-state index is 0.000408. The standard InChI is InChI=1S/C17H23NO4/c1-17(2,3)12-6-4-11(5-7-12)15(20)18-9-8-13(19)10-14(18)16(21)22/h4-7,13-14,19H,8-10H2,1-3H3,(H,21,22)/t13-,14+/m1/s1. The molecule has 120 valence electrons. The summed E-state index contributed by atoms with van der Waals surface area (Å²) >= 11 is 0. The molecule has 2 N–H and O–H groups in total. The summed E-state index contributed by atoms with van der Waals surface area (Å²) in [5, 5.41) is 18.9. The summed E-state index contributed by atoms with van der Waals surface area (Å²) in [6.45, 7) is 6.54. The highest BCUT2D eigenvalue weighted by Crippen LogP contribution is 2.24. The minimum Gasteiger partial charge on any atom is -0.480 e. The van der Waals surface area contributed by atoms with E-state index in [4.69, 9.17) is 0 Å². The molecule has 1 heterocycles. The van der Waals surface area contributed by atoms with Crippen LogP contribution in [-0.4, -0.2) is 45.7 Å². The van der Waals surface area contributed by atoms with Crippen LogP contribution in [0.25, 0.3) is 0 Å².